The van der Waals surface area contributed by atoms with Gasteiger partial charge in [-0.25, -0.2) is 15.0 Å². The highest BCUT2D eigenvalue weighted by molar-refractivity contribution is 6.13. The molecule has 0 spiro atoms. The number of hydrogen-bond acceptors (Lipinski definition) is 9. The van der Waals surface area contributed by atoms with Crippen molar-refractivity contribution in [3.8, 4) is 11.5 Å². The summed E-state index contributed by atoms with van der Waals surface area (Å²) in [5.74, 6) is 1.29. The molecule has 6 rings (SSSR count). The molecule has 1 aliphatic heterocycles. The number of nitrogens with one attached hydrogen (secondary N) is 2. The van der Waals surface area contributed by atoms with Crippen LogP contribution in [0.5, 0.6) is 11.5 Å². The molecule has 4 aromatic heterocycles. The molecule has 1 aliphatic rings. The van der Waals surface area contributed by atoms with E-state index in [-0.39, 0.29) is 5.91 Å². The van der Waals surface area contributed by atoms with Gasteiger partial charge in [-0.05, 0) is 39.8 Å². The van der Waals surface area contributed by atoms with Gasteiger partial charge in [0.15, 0.2) is 17.1 Å². The van der Waals surface area contributed by atoms with E-state index in [2.05, 4.69) is 54.3 Å². The smallest absolute Gasteiger partial charge is 0.257 e. The lowest BCUT2D eigenvalue weighted by Crippen LogP contribution is -2.54. The highest BCUT2D eigenvalue weighted by atomic mass is 16.5. The average Bonchev–Trinajstić information content (AvgIpc) is 3.29. The molecule has 0 bridgehead atoms. The number of pyridine rings is 1. The number of amides is 1. The van der Waals surface area contributed by atoms with Crippen molar-refractivity contribution < 1.29 is 9.53 Å². The molecule has 2 unspecified atom stereocenters. The van der Waals surface area contributed by atoms with Gasteiger partial charge in [0, 0.05) is 56.0 Å². The molecule has 5 aromatic rings. The van der Waals surface area contributed by atoms with E-state index in [1.54, 1.807) is 37.1 Å². The van der Waals surface area contributed by atoms with Crippen LogP contribution in [0.3, 0.4) is 0 Å². The minimum absolute atomic E-state index is 0.296. The summed E-state index contributed by atoms with van der Waals surface area (Å²) in [4.78, 5) is 38.0. The molecule has 2 N–H and O–H groups in total. The van der Waals surface area contributed by atoms with E-state index in [0.29, 0.717) is 57.3 Å². The van der Waals surface area contributed by atoms with Gasteiger partial charge in [-0.15, -0.1) is 0 Å². The number of carbonyl (C=O) groups is 1. The largest absolute Gasteiger partial charge is 0.450 e. The van der Waals surface area contributed by atoms with Gasteiger partial charge < -0.3 is 24.7 Å². The van der Waals surface area contributed by atoms with Crippen molar-refractivity contribution in [2.45, 2.75) is 39.8 Å². The third-order valence-corrected chi connectivity index (χ3v) is 6.63. The first-order valence-corrected chi connectivity index (χ1v) is 12.9. The number of nitrogens with zero attached hydrogens (tertiary/aromatic N) is 7. The third kappa shape index (κ3) is 4.96. The summed E-state index contributed by atoms with van der Waals surface area (Å²) >= 11 is 0. The zero-order valence-corrected chi connectivity index (χ0v) is 22.2. The molecule has 0 saturated carbocycles. The van der Waals surface area contributed by atoms with Gasteiger partial charge >= 0.3 is 0 Å². The minimum atomic E-state index is -0.296. The summed E-state index contributed by atoms with van der Waals surface area (Å²) in [5, 5.41) is 6.56. The predicted molar refractivity (Wildman–Crippen MR) is 149 cm³/mol. The number of carbonyl (C=O) groups excluding carboxylic acids is 1. The summed E-state index contributed by atoms with van der Waals surface area (Å²) < 4.78 is 7.89. The van der Waals surface area contributed by atoms with Crippen LogP contribution in [0.25, 0.3) is 16.7 Å². The molecule has 11 heteroatoms. The quantitative estimate of drug-likeness (QED) is 0.353. The van der Waals surface area contributed by atoms with Crippen LogP contribution in [0, 0.1) is 13.8 Å². The van der Waals surface area contributed by atoms with Crippen molar-refractivity contribution in [1.82, 2.24) is 34.6 Å². The molecule has 5 heterocycles. The third-order valence-electron chi connectivity index (χ3n) is 6.63. The van der Waals surface area contributed by atoms with Crippen LogP contribution in [-0.2, 0) is 0 Å². The van der Waals surface area contributed by atoms with Crippen LogP contribution in [0.1, 0.15) is 35.7 Å². The first kappa shape index (κ1) is 24.7. The molecule has 39 heavy (non-hydrogen) atoms. The fraction of sp³-hybridized carbons (Fsp3) is 0.286. The Kier molecular flexibility index (Phi) is 6.27. The number of hydrogen-bond donors (Lipinski definition) is 2. The first-order chi connectivity index (χ1) is 18.8. The van der Waals surface area contributed by atoms with Crippen molar-refractivity contribution in [2.24, 2.45) is 0 Å². The first-order valence-electron chi connectivity index (χ1n) is 12.9. The summed E-state index contributed by atoms with van der Waals surface area (Å²) in [6.45, 7) is 9.74. The van der Waals surface area contributed by atoms with Crippen molar-refractivity contribution >= 4 is 34.0 Å². The summed E-state index contributed by atoms with van der Waals surface area (Å²) in [7, 11) is 0. The molecular weight excluding hydrogens is 494 g/mol. The Morgan fingerprint density at radius 2 is 1.72 bits per heavy atom. The van der Waals surface area contributed by atoms with E-state index < -0.39 is 0 Å². The second kappa shape index (κ2) is 9.91. The molecule has 1 aromatic carbocycles. The normalized spacial score (nSPS) is 17.5. The number of rotatable bonds is 5. The lowest BCUT2D eigenvalue weighted by atomic mass is 10.1. The standard InChI is InChI=1S/C28H29N9O2/c1-16-12-36(13-17(2)33-16)23-6-5-22(25-26(23)30-8-7-29-25)28(38)35-20-9-24(27-34-18(3)14-37(27)15-20)39-21-10-31-19(4)32-11-21/h5-11,14-17,33H,12-13H2,1-4H3,(H,35,38). The highest BCUT2D eigenvalue weighted by Crippen LogP contribution is 2.31. The maximum absolute atomic E-state index is 13.6. The van der Waals surface area contributed by atoms with Crippen molar-refractivity contribution in [2.75, 3.05) is 23.3 Å². The van der Waals surface area contributed by atoms with E-state index >= 15 is 0 Å². The number of fused-ring (bicyclic) bond motifs is 2. The second-order valence-electron chi connectivity index (χ2n) is 9.99. The molecule has 0 radical (unpaired) electrons. The van der Waals surface area contributed by atoms with E-state index in [4.69, 9.17) is 4.74 Å². The van der Waals surface area contributed by atoms with Crippen molar-refractivity contribution in [1.29, 1.82) is 0 Å². The Labute approximate surface area is 225 Å². The van der Waals surface area contributed by atoms with Crippen LogP contribution >= 0.6 is 0 Å². The van der Waals surface area contributed by atoms with Crippen molar-refractivity contribution in [3.63, 3.8) is 0 Å². The van der Waals surface area contributed by atoms with Crippen molar-refractivity contribution in [3.05, 3.63) is 72.5 Å². The number of imidazole rings is 1. The Bertz CT molecular complexity index is 1670. The van der Waals surface area contributed by atoms with Gasteiger partial charge in [0.25, 0.3) is 5.91 Å². The van der Waals surface area contributed by atoms with Gasteiger partial charge in [0.2, 0.25) is 0 Å². The van der Waals surface area contributed by atoms with E-state index in [1.165, 1.54) is 0 Å². The maximum atomic E-state index is 13.6. The second-order valence-corrected chi connectivity index (χ2v) is 9.99. The number of aryl methyl sites for hydroxylation is 2. The number of aromatic nitrogens is 6. The van der Waals surface area contributed by atoms with Crippen LogP contribution in [0.15, 0.2) is 55.4 Å². The van der Waals surface area contributed by atoms with E-state index in [1.807, 2.05) is 36.6 Å². The molecule has 1 fully saturated rings. The highest BCUT2D eigenvalue weighted by Gasteiger charge is 2.25. The molecule has 1 amide bonds. The summed E-state index contributed by atoms with van der Waals surface area (Å²) in [6, 6.07) is 6.21. The SMILES string of the molecule is Cc1cn2cc(NC(=O)c3ccc(N4CC(C)NC(C)C4)c4nccnc34)cc(Oc3cnc(C)nc3)c2n1. The Balaban J connectivity index is 1.34. The average molecular weight is 524 g/mol. The van der Waals surface area contributed by atoms with E-state index in [0.717, 1.165) is 24.5 Å². The zero-order valence-electron chi connectivity index (χ0n) is 22.2. The Morgan fingerprint density at radius 1 is 1.00 bits per heavy atom. The predicted octanol–water partition coefficient (Wildman–Crippen LogP) is 3.92. The Morgan fingerprint density at radius 3 is 2.46 bits per heavy atom. The fourth-order valence-corrected chi connectivity index (χ4v) is 5.10. The van der Waals surface area contributed by atoms with Crippen LogP contribution < -0.4 is 20.3 Å². The minimum Gasteiger partial charge on any atom is -0.450 e. The maximum Gasteiger partial charge on any atom is 0.257 e. The lowest BCUT2D eigenvalue weighted by Gasteiger charge is -2.38. The topological polar surface area (TPSA) is 122 Å². The lowest BCUT2D eigenvalue weighted by molar-refractivity contribution is 0.102. The van der Waals surface area contributed by atoms with Gasteiger partial charge in [0.1, 0.15) is 16.9 Å². The molecular formula is C28H29N9O2. The summed E-state index contributed by atoms with van der Waals surface area (Å²) in [6.07, 6.45) is 10.2. The summed E-state index contributed by atoms with van der Waals surface area (Å²) in [5.41, 5.74) is 4.65. The number of piperazine rings is 1. The van der Waals surface area contributed by atoms with Gasteiger partial charge in [-0.3, -0.25) is 14.8 Å². The number of anilines is 2. The van der Waals surface area contributed by atoms with Gasteiger partial charge in [0.05, 0.1) is 35.0 Å². The van der Waals surface area contributed by atoms with Gasteiger partial charge in [-0.1, -0.05) is 0 Å². The zero-order chi connectivity index (χ0) is 27.1. The molecule has 198 valence electrons. The number of ether oxygens (including phenoxy) is 1. The monoisotopic (exact) mass is 523 g/mol. The number of benzene rings is 1. The van der Waals surface area contributed by atoms with Crippen LogP contribution in [0.4, 0.5) is 11.4 Å². The van der Waals surface area contributed by atoms with Gasteiger partial charge in [-0.2, -0.15) is 0 Å². The molecule has 0 aliphatic carbocycles. The molecule has 1 saturated heterocycles. The van der Waals surface area contributed by atoms with Crippen LogP contribution in [-0.4, -0.2) is 60.4 Å². The Hall–Kier alpha value is -4.64. The fourth-order valence-electron chi connectivity index (χ4n) is 5.10. The molecule has 11 nitrogen and oxygen atoms in total. The van der Waals surface area contributed by atoms with E-state index in [9.17, 15) is 4.79 Å². The molecule has 2 atom stereocenters. The van der Waals surface area contributed by atoms with Crippen LogP contribution in [0.2, 0.25) is 0 Å².